The van der Waals surface area contributed by atoms with Crippen molar-refractivity contribution in [2.75, 3.05) is 13.1 Å². The molecule has 0 spiro atoms. The quantitative estimate of drug-likeness (QED) is 0.736. The molecule has 0 aromatic carbocycles. The first kappa shape index (κ1) is 8.82. The highest BCUT2D eigenvalue weighted by Gasteiger charge is 2.24. The van der Waals surface area contributed by atoms with Crippen LogP contribution in [0.3, 0.4) is 0 Å². The summed E-state index contributed by atoms with van der Waals surface area (Å²) in [5.41, 5.74) is 2.98. The van der Waals surface area contributed by atoms with Gasteiger partial charge in [0.15, 0.2) is 0 Å². The first-order valence-electron chi connectivity index (χ1n) is 5.27. The van der Waals surface area contributed by atoms with Crippen molar-refractivity contribution in [3.8, 4) is 0 Å². The van der Waals surface area contributed by atoms with Gasteiger partial charge in [0.2, 0.25) is 0 Å². The number of likely N-dealkylation sites (N-methyl/N-ethyl adjacent to an activating group) is 1. The van der Waals surface area contributed by atoms with E-state index in [1.807, 2.05) is 0 Å². The Morgan fingerprint density at radius 2 is 2.38 bits per heavy atom. The van der Waals surface area contributed by atoms with Crippen LogP contribution in [0.15, 0.2) is 12.3 Å². The molecule has 1 aliphatic rings. The number of hydrogen-bond donors (Lipinski definition) is 1. The predicted molar refractivity (Wildman–Crippen MR) is 54.8 cm³/mol. The Morgan fingerprint density at radius 3 is 3.08 bits per heavy atom. The molecule has 0 aliphatic carbocycles. The molecule has 1 aromatic heterocycles. The van der Waals surface area contributed by atoms with Gasteiger partial charge in [0.25, 0.3) is 0 Å². The maximum absolute atomic E-state index is 3.34. The lowest BCUT2D eigenvalue weighted by Crippen LogP contribution is -2.34. The van der Waals surface area contributed by atoms with E-state index < -0.39 is 0 Å². The molecule has 1 aromatic rings. The van der Waals surface area contributed by atoms with Crippen LogP contribution in [0.25, 0.3) is 0 Å². The lowest BCUT2D eigenvalue weighted by atomic mass is 9.97. The average molecular weight is 178 g/mol. The Labute approximate surface area is 79.9 Å². The highest BCUT2D eigenvalue weighted by atomic mass is 15.2. The van der Waals surface area contributed by atoms with E-state index in [4.69, 9.17) is 0 Å². The summed E-state index contributed by atoms with van der Waals surface area (Å²) in [6, 6.07) is 2.89. The van der Waals surface area contributed by atoms with Gasteiger partial charge in [-0.05, 0) is 24.6 Å². The number of H-pyrrole nitrogens is 1. The smallest absolute Gasteiger partial charge is 0.0363 e. The fraction of sp³-hybridized carbons (Fsp3) is 0.636. The maximum atomic E-state index is 3.34. The number of nitrogens with zero attached hydrogens (tertiary/aromatic N) is 1. The predicted octanol–water partition coefficient (Wildman–Crippen LogP) is 2.34. The first-order valence-corrected chi connectivity index (χ1v) is 5.27. The van der Waals surface area contributed by atoms with E-state index in [-0.39, 0.29) is 0 Å². The van der Waals surface area contributed by atoms with Crippen LogP contribution in [-0.4, -0.2) is 23.0 Å². The van der Waals surface area contributed by atoms with Crippen LogP contribution in [0.4, 0.5) is 0 Å². The second kappa shape index (κ2) is 3.54. The fourth-order valence-electron chi connectivity index (χ4n) is 2.41. The number of aromatic nitrogens is 1. The molecule has 0 radical (unpaired) electrons. The van der Waals surface area contributed by atoms with Crippen molar-refractivity contribution in [2.24, 2.45) is 0 Å². The first-order chi connectivity index (χ1) is 6.36. The second-order valence-corrected chi connectivity index (χ2v) is 3.71. The van der Waals surface area contributed by atoms with Gasteiger partial charge in [0, 0.05) is 30.9 Å². The molecule has 2 heteroatoms. The molecular weight excluding hydrogens is 160 g/mol. The van der Waals surface area contributed by atoms with Crippen LogP contribution < -0.4 is 0 Å². The molecule has 1 atom stereocenters. The topological polar surface area (TPSA) is 19.0 Å². The lowest BCUT2D eigenvalue weighted by Gasteiger charge is -2.34. The second-order valence-electron chi connectivity index (χ2n) is 3.71. The summed E-state index contributed by atoms with van der Waals surface area (Å²) in [6.45, 7) is 6.90. The zero-order chi connectivity index (χ0) is 9.26. The summed E-state index contributed by atoms with van der Waals surface area (Å²) >= 11 is 0. The summed E-state index contributed by atoms with van der Waals surface area (Å²) in [6.07, 6.45) is 4.48. The summed E-state index contributed by atoms with van der Waals surface area (Å²) in [5, 5.41) is 0. The fourth-order valence-corrected chi connectivity index (χ4v) is 2.41. The van der Waals surface area contributed by atoms with Gasteiger partial charge in [-0.25, -0.2) is 0 Å². The summed E-state index contributed by atoms with van der Waals surface area (Å²) in [5.74, 6) is 0. The van der Waals surface area contributed by atoms with Crippen molar-refractivity contribution in [3.63, 3.8) is 0 Å². The van der Waals surface area contributed by atoms with E-state index in [9.17, 15) is 0 Å². The van der Waals surface area contributed by atoms with E-state index in [2.05, 4.69) is 36.0 Å². The molecule has 2 nitrogen and oxygen atoms in total. The summed E-state index contributed by atoms with van der Waals surface area (Å²) in [4.78, 5) is 5.91. The standard InChI is InChI=1S/C11H18N2/c1-3-11-9-5-7-12-10(9)6-8-13(11)4-2/h5,7,11-12H,3-4,6,8H2,1-2H3. The Kier molecular flexibility index (Phi) is 2.40. The third-order valence-corrected chi connectivity index (χ3v) is 3.11. The molecule has 1 unspecified atom stereocenters. The maximum Gasteiger partial charge on any atom is 0.0363 e. The Morgan fingerprint density at radius 1 is 1.54 bits per heavy atom. The SMILES string of the molecule is CCC1c2cc[nH]c2CCN1CC. The van der Waals surface area contributed by atoms with Crippen molar-refractivity contribution >= 4 is 0 Å². The number of fused-ring (bicyclic) bond motifs is 1. The van der Waals surface area contributed by atoms with Crippen molar-refractivity contribution in [1.82, 2.24) is 9.88 Å². The summed E-state index contributed by atoms with van der Waals surface area (Å²) in [7, 11) is 0. The zero-order valence-corrected chi connectivity index (χ0v) is 8.51. The van der Waals surface area contributed by atoms with E-state index >= 15 is 0 Å². The molecule has 2 rings (SSSR count). The van der Waals surface area contributed by atoms with Crippen LogP contribution in [0.2, 0.25) is 0 Å². The molecule has 13 heavy (non-hydrogen) atoms. The molecule has 72 valence electrons. The molecular formula is C11H18N2. The van der Waals surface area contributed by atoms with E-state index in [0.717, 1.165) is 0 Å². The van der Waals surface area contributed by atoms with Crippen LogP contribution >= 0.6 is 0 Å². The van der Waals surface area contributed by atoms with Crippen molar-refractivity contribution in [1.29, 1.82) is 0 Å². The minimum absolute atomic E-state index is 0.653. The molecule has 0 saturated heterocycles. The minimum Gasteiger partial charge on any atom is -0.365 e. The van der Waals surface area contributed by atoms with E-state index in [0.29, 0.717) is 6.04 Å². The monoisotopic (exact) mass is 178 g/mol. The Hall–Kier alpha value is -0.760. The highest BCUT2D eigenvalue weighted by molar-refractivity contribution is 5.27. The lowest BCUT2D eigenvalue weighted by molar-refractivity contribution is 0.189. The van der Waals surface area contributed by atoms with Crippen molar-refractivity contribution < 1.29 is 0 Å². The van der Waals surface area contributed by atoms with Gasteiger partial charge in [0.05, 0.1) is 0 Å². The molecule has 0 saturated carbocycles. The molecule has 0 amide bonds. The molecule has 1 aliphatic heterocycles. The molecule has 0 bridgehead atoms. The van der Waals surface area contributed by atoms with Crippen molar-refractivity contribution in [3.05, 3.63) is 23.5 Å². The number of aromatic amines is 1. The van der Waals surface area contributed by atoms with Crippen molar-refractivity contribution in [2.45, 2.75) is 32.7 Å². The van der Waals surface area contributed by atoms with Crippen LogP contribution in [0.1, 0.15) is 37.6 Å². The Bertz CT molecular complexity index is 277. The average Bonchev–Trinajstić information content (AvgIpc) is 2.63. The van der Waals surface area contributed by atoms with Gasteiger partial charge >= 0.3 is 0 Å². The van der Waals surface area contributed by atoms with Crippen LogP contribution in [0.5, 0.6) is 0 Å². The summed E-state index contributed by atoms with van der Waals surface area (Å²) < 4.78 is 0. The van der Waals surface area contributed by atoms with E-state index in [1.54, 1.807) is 0 Å². The van der Waals surface area contributed by atoms with Crippen LogP contribution in [-0.2, 0) is 6.42 Å². The molecule has 1 N–H and O–H groups in total. The van der Waals surface area contributed by atoms with Gasteiger partial charge in [-0.1, -0.05) is 13.8 Å². The zero-order valence-electron chi connectivity index (χ0n) is 8.51. The molecule has 2 heterocycles. The number of hydrogen-bond acceptors (Lipinski definition) is 1. The molecule has 0 fully saturated rings. The third-order valence-electron chi connectivity index (χ3n) is 3.11. The van der Waals surface area contributed by atoms with Gasteiger partial charge in [-0.2, -0.15) is 0 Å². The van der Waals surface area contributed by atoms with Crippen LogP contribution in [0, 0.1) is 0 Å². The Balaban J connectivity index is 2.29. The third kappa shape index (κ3) is 1.39. The largest absolute Gasteiger partial charge is 0.365 e. The minimum atomic E-state index is 0.653. The highest BCUT2D eigenvalue weighted by Crippen LogP contribution is 2.30. The van der Waals surface area contributed by atoms with Gasteiger partial charge in [-0.3, -0.25) is 4.90 Å². The normalized spacial score (nSPS) is 23.1. The van der Waals surface area contributed by atoms with Gasteiger partial charge in [0.1, 0.15) is 0 Å². The van der Waals surface area contributed by atoms with E-state index in [1.165, 1.54) is 37.2 Å². The van der Waals surface area contributed by atoms with Gasteiger partial charge in [-0.15, -0.1) is 0 Å². The number of nitrogens with one attached hydrogen (secondary N) is 1. The number of rotatable bonds is 2. The van der Waals surface area contributed by atoms with Gasteiger partial charge < -0.3 is 4.98 Å².